The second-order valence-electron chi connectivity index (χ2n) is 5.56. The molecule has 0 aromatic carbocycles. The third kappa shape index (κ3) is 2.51. The number of alkyl halides is 2. The van der Waals surface area contributed by atoms with Gasteiger partial charge in [-0.15, -0.1) is 0 Å². The van der Waals surface area contributed by atoms with Crippen LogP contribution in [0.2, 0.25) is 0 Å². The first-order valence-corrected chi connectivity index (χ1v) is 6.46. The molecular weight excluding hydrogens is 194 g/mol. The van der Waals surface area contributed by atoms with Crippen molar-refractivity contribution in [1.82, 2.24) is 0 Å². The van der Waals surface area contributed by atoms with Crippen molar-refractivity contribution in [1.29, 1.82) is 0 Å². The average Bonchev–Trinajstić information content (AvgIpc) is 2.20. The molecule has 2 fully saturated rings. The van der Waals surface area contributed by atoms with Crippen molar-refractivity contribution in [2.24, 2.45) is 17.8 Å². The van der Waals surface area contributed by atoms with E-state index in [1.807, 2.05) is 0 Å². The van der Waals surface area contributed by atoms with Crippen LogP contribution >= 0.6 is 0 Å². The Morgan fingerprint density at radius 1 is 0.800 bits per heavy atom. The highest BCUT2D eigenvalue weighted by molar-refractivity contribution is 4.88. The molecule has 2 aliphatic rings. The van der Waals surface area contributed by atoms with Crippen molar-refractivity contribution in [3.63, 3.8) is 0 Å². The van der Waals surface area contributed by atoms with E-state index in [0.717, 1.165) is 32.1 Å². The molecule has 15 heavy (non-hydrogen) atoms. The summed E-state index contributed by atoms with van der Waals surface area (Å²) in [4.78, 5) is 0. The van der Waals surface area contributed by atoms with E-state index < -0.39 is 12.3 Å². The summed E-state index contributed by atoms with van der Waals surface area (Å²) < 4.78 is 27.6. The Labute approximate surface area is 91.4 Å². The molecule has 2 heteroatoms. The topological polar surface area (TPSA) is 0 Å². The quantitative estimate of drug-likeness (QED) is 0.613. The van der Waals surface area contributed by atoms with Crippen molar-refractivity contribution < 1.29 is 8.78 Å². The van der Waals surface area contributed by atoms with Gasteiger partial charge in [0.05, 0.1) is 0 Å². The van der Waals surface area contributed by atoms with E-state index in [1.54, 1.807) is 0 Å². The van der Waals surface area contributed by atoms with E-state index in [1.165, 1.54) is 0 Å². The second kappa shape index (κ2) is 4.80. The molecule has 0 saturated heterocycles. The van der Waals surface area contributed by atoms with Gasteiger partial charge in [-0.05, 0) is 43.4 Å². The second-order valence-corrected chi connectivity index (χ2v) is 5.56. The Morgan fingerprint density at radius 3 is 2.13 bits per heavy atom. The summed E-state index contributed by atoms with van der Waals surface area (Å²) in [6, 6.07) is 0. The minimum atomic E-state index is -0.741. The predicted octanol–water partition coefficient (Wildman–Crippen LogP) is 4.29. The van der Waals surface area contributed by atoms with Crippen LogP contribution in [0.3, 0.4) is 0 Å². The fraction of sp³-hybridized carbons (Fsp3) is 1.00. The maximum absolute atomic E-state index is 13.9. The molecular formula is C13H22F2. The smallest absolute Gasteiger partial charge is 0.104 e. The lowest BCUT2D eigenvalue weighted by atomic mass is 9.69. The van der Waals surface area contributed by atoms with Gasteiger partial charge in [0.15, 0.2) is 0 Å². The van der Waals surface area contributed by atoms with E-state index in [0.29, 0.717) is 18.8 Å². The minimum Gasteiger partial charge on any atom is -0.247 e. The molecule has 0 aliphatic heterocycles. The first kappa shape index (κ1) is 11.3. The standard InChI is InChI=1S/C13H22F2/c1-9-6-7-11(13(15)8-9)10-4-2-3-5-12(10)14/h9-13H,2-8H2,1H3. The maximum Gasteiger partial charge on any atom is 0.104 e. The van der Waals surface area contributed by atoms with E-state index in [9.17, 15) is 8.78 Å². The number of halogens is 2. The monoisotopic (exact) mass is 216 g/mol. The van der Waals surface area contributed by atoms with Crippen molar-refractivity contribution in [2.45, 2.75) is 64.2 Å². The Morgan fingerprint density at radius 2 is 1.47 bits per heavy atom. The third-order valence-corrected chi connectivity index (χ3v) is 4.37. The van der Waals surface area contributed by atoms with E-state index in [4.69, 9.17) is 0 Å². The van der Waals surface area contributed by atoms with Crippen LogP contribution in [-0.2, 0) is 0 Å². The fourth-order valence-corrected chi connectivity index (χ4v) is 3.41. The molecule has 0 aromatic rings. The van der Waals surface area contributed by atoms with Gasteiger partial charge < -0.3 is 0 Å². The summed E-state index contributed by atoms with van der Waals surface area (Å²) in [5.74, 6) is 0.552. The molecule has 0 nitrogen and oxygen atoms in total. The lowest BCUT2D eigenvalue weighted by Gasteiger charge is -2.38. The molecule has 2 rings (SSSR count). The molecule has 5 unspecified atom stereocenters. The third-order valence-electron chi connectivity index (χ3n) is 4.37. The van der Waals surface area contributed by atoms with Gasteiger partial charge in [-0.2, -0.15) is 0 Å². The highest BCUT2D eigenvalue weighted by Gasteiger charge is 2.39. The zero-order valence-corrected chi connectivity index (χ0v) is 9.59. The Bertz CT molecular complexity index is 205. The zero-order valence-electron chi connectivity index (χ0n) is 9.59. The lowest BCUT2D eigenvalue weighted by Crippen LogP contribution is -2.37. The van der Waals surface area contributed by atoms with Crippen molar-refractivity contribution in [2.75, 3.05) is 0 Å². The number of rotatable bonds is 1. The summed E-state index contributed by atoms with van der Waals surface area (Å²) in [5, 5.41) is 0. The normalized spacial score (nSPS) is 47.8. The van der Waals surface area contributed by atoms with Gasteiger partial charge in [0.25, 0.3) is 0 Å². The lowest BCUT2D eigenvalue weighted by molar-refractivity contribution is 0.0266. The maximum atomic E-state index is 13.9. The predicted molar refractivity (Wildman–Crippen MR) is 58.3 cm³/mol. The SMILES string of the molecule is CC1CCC(C2CCCCC2F)C(F)C1. The molecule has 2 saturated carbocycles. The van der Waals surface area contributed by atoms with Crippen LogP contribution in [-0.4, -0.2) is 12.3 Å². The van der Waals surface area contributed by atoms with E-state index in [-0.39, 0.29) is 11.8 Å². The molecule has 0 radical (unpaired) electrons. The van der Waals surface area contributed by atoms with Crippen LogP contribution in [0.25, 0.3) is 0 Å². The van der Waals surface area contributed by atoms with E-state index in [2.05, 4.69) is 6.92 Å². The van der Waals surface area contributed by atoms with Crippen molar-refractivity contribution in [3.05, 3.63) is 0 Å². The molecule has 88 valence electrons. The number of hydrogen-bond donors (Lipinski definition) is 0. The highest BCUT2D eigenvalue weighted by atomic mass is 19.1. The van der Waals surface area contributed by atoms with Gasteiger partial charge in [-0.25, -0.2) is 8.78 Å². The molecule has 5 atom stereocenters. The minimum absolute atomic E-state index is 0.0245. The molecule has 0 bridgehead atoms. The van der Waals surface area contributed by atoms with Crippen LogP contribution in [0, 0.1) is 17.8 Å². The van der Waals surface area contributed by atoms with Crippen molar-refractivity contribution in [3.8, 4) is 0 Å². The van der Waals surface area contributed by atoms with Gasteiger partial charge in [-0.1, -0.05) is 26.2 Å². The summed E-state index contributed by atoms with van der Waals surface area (Å²) in [6.45, 7) is 2.11. The largest absolute Gasteiger partial charge is 0.247 e. The van der Waals surface area contributed by atoms with Crippen LogP contribution < -0.4 is 0 Å². The zero-order chi connectivity index (χ0) is 10.8. The van der Waals surface area contributed by atoms with E-state index >= 15 is 0 Å². The molecule has 0 N–H and O–H groups in total. The molecule has 0 spiro atoms. The molecule has 0 aromatic heterocycles. The summed E-state index contributed by atoms with van der Waals surface area (Å²) in [5.41, 5.74) is 0. The summed E-state index contributed by atoms with van der Waals surface area (Å²) in [7, 11) is 0. The fourth-order valence-electron chi connectivity index (χ4n) is 3.41. The van der Waals surface area contributed by atoms with Gasteiger partial charge in [0.1, 0.15) is 12.3 Å². The van der Waals surface area contributed by atoms with Crippen LogP contribution in [0.1, 0.15) is 51.9 Å². The van der Waals surface area contributed by atoms with Gasteiger partial charge in [0, 0.05) is 0 Å². The van der Waals surface area contributed by atoms with Crippen LogP contribution in [0.15, 0.2) is 0 Å². The first-order valence-electron chi connectivity index (χ1n) is 6.46. The molecule has 0 heterocycles. The summed E-state index contributed by atoms with van der Waals surface area (Å²) in [6.07, 6.45) is 4.88. The van der Waals surface area contributed by atoms with Gasteiger partial charge >= 0.3 is 0 Å². The Kier molecular flexibility index (Phi) is 3.63. The van der Waals surface area contributed by atoms with Crippen LogP contribution in [0.4, 0.5) is 8.78 Å². The Balaban J connectivity index is 1.96. The van der Waals surface area contributed by atoms with Crippen molar-refractivity contribution >= 4 is 0 Å². The first-order chi connectivity index (χ1) is 7.18. The van der Waals surface area contributed by atoms with Crippen LogP contribution in [0.5, 0.6) is 0 Å². The average molecular weight is 216 g/mol. The molecule has 0 amide bonds. The van der Waals surface area contributed by atoms with Gasteiger partial charge in [-0.3, -0.25) is 0 Å². The highest BCUT2D eigenvalue weighted by Crippen LogP contribution is 2.42. The molecule has 2 aliphatic carbocycles. The summed E-state index contributed by atoms with van der Waals surface area (Å²) >= 11 is 0. The van der Waals surface area contributed by atoms with Gasteiger partial charge in [0.2, 0.25) is 0 Å². The Hall–Kier alpha value is -0.140. The number of hydrogen-bond acceptors (Lipinski definition) is 0.